The largest absolute Gasteiger partial charge is 0.463 e. The maximum atomic E-state index is 11.9. The molecule has 22 heavy (non-hydrogen) atoms. The molecule has 0 aliphatic heterocycles. The number of carbonyl (C=O) groups is 1. The zero-order valence-corrected chi connectivity index (χ0v) is 12.7. The summed E-state index contributed by atoms with van der Waals surface area (Å²) in [6, 6.07) is 1.22. The van der Waals surface area contributed by atoms with Gasteiger partial charge in [0.2, 0.25) is 0 Å². The van der Waals surface area contributed by atoms with Crippen LogP contribution in [-0.2, 0) is 9.53 Å². The third kappa shape index (κ3) is 3.63. The Bertz CT molecular complexity index is 711. The van der Waals surface area contributed by atoms with Crippen molar-refractivity contribution >= 4 is 5.97 Å². The van der Waals surface area contributed by atoms with Crippen molar-refractivity contribution in [3.05, 3.63) is 56.9 Å². The molecule has 2 rings (SSSR count). The van der Waals surface area contributed by atoms with Crippen LogP contribution in [0.4, 0.5) is 0 Å². The molecule has 0 fully saturated rings. The minimum atomic E-state index is -0.417. The molecule has 1 N–H and O–H groups in total. The predicted molar refractivity (Wildman–Crippen MR) is 82.6 cm³/mol. The van der Waals surface area contributed by atoms with Crippen LogP contribution in [0.3, 0.4) is 0 Å². The van der Waals surface area contributed by atoms with Crippen molar-refractivity contribution < 1.29 is 9.53 Å². The lowest BCUT2D eigenvalue weighted by atomic mass is 9.98. The summed E-state index contributed by atoms with van der Waals surface area (Å²) in [7, 11) is 0. The molecule has 2 atom stereocenters. The van der Waals surface area contributed by atoms with Crippen LogP contribution in [-0.4, -0.2) is 22.1 Å². The molecule has 0 amide bonds. The average Bonchev–Trinajstić information content (AvgIpc) is 2.88. The lowest BCUT2D eigenvalue weighted by molar-refractivity contribution is -0.137. The monoisotopic (exact) mass is 304 g/mol. The molecule has 1 aromatic heterocycles. The Hall–Kier alpha value is -2.37. The van der Waals surface area contributed by atoms with Crippen LogP contribution >= 0.6 is 0 Å². The highest BCUT2D eigenvalue weighted by Gasteiger charge is 2.25. The van der Waals surface area contributed by atoms with Gasteiger partial charge >= 0.3 is 11.7 Å². The van der Waals surface area contributed by atoms with Crippen LogP contribution in [0.15, 0.2) is 45.7 Å². The molecule has 0 saturated carbocycles. The third-order valence-corrected chi connectivity index (χ3v) is 3.78. The van der Waals surface area contributed by atoms with E-state index in [1.165, 1.54) is 22.9 Å². The zero-order chi connectivity index (χ0) is 16.1. The van der Waals surface area contributed by atoms with Gasteiger partial charge in [0.25, 0.3) is 5.56 Å². The number of hydrogen-bond donors (Lipinski definition) is 1. The molecule has 6 nitrogen and oxygen atoms in total. The molecule has 1 aliphatic carbocycles. The number of allylic oxidation sites excluding steroid dienone is 3. The first-order valence-corrected chi connectivity index (χ1v) is 7.43. The summed E-state index contributed by atoms with van der Waals surface area (Å²) < 4.78 is 6.38. The molecule has 0 unspecified atom stereocenters. The lowest BCUT2D eigenvalue weighted by Crippen LogP contribution is -2.30. The first kappa shape index (κ1) is 16.0. The van der Waals surface area contributed by atoms with E-state index in [0.29, 0.717) is 6.61 Å². The summed E-state index contributed by atoms with van der Waals surface area (Å²) >= 11 is 0. The Morgan fingerprint density at radius 1 is 1.45 bits per heavy atom. The van der Waals surface area contributed by atoms with Gasteiger partial charge in [0.1, 0.15) is 0 Å². The van der Waals surface area contributed by atoms with Gasteiger partial charge in [-0.1, -0.05) is 19.1 Å². The van der Waals surface area contributed by atoms with E-state index in [0.717, 1.165) is 18.4 Å². The highest BCUT2D eigenvalue weighted by atomic mass is 16.5. The number of aromatic nitrogens is 2. The Kier molecular flexibility index (Phi) is 5.14. The second-order valence-electron chi connectivity index (χ2n) is 5.18. The van der Waals surface area contributed by atoms with Crippen LogP contribution in [0.1, 0.15) is 32.7 Å². The van der Waals surface area contributed by atoms with Gasteiger partial charge in [0, 0.05) is 18.3 Å². The fourth-order valence-corrected chi connectivity index (χ4v) is 2.68. The first-order chi connectivity index (χ1) is 10.5. The molecule has 0 bridgehead atoms. The number of hydrogen-bond acceptors (Lipinski definition) is 4. The number of nitrogens with one attached hydrogen (secondary N) is 1. The van der Waals surface area contributed by atoms with Crippen molar-refractivity contribution in [2.45, 2.75) is 32.7 Å². The summed E-state index contributed by atoms with van der Waals surface area (Å²) in [4.78, 5) is 36.7. The summed E-state index contributed by atoms with van der Waals surface area (Å²) in [5.41, 5.74) is 0.190. The van der Waals surface area contributed by atoms with E-state index in [9.17, 15) is 14.4 Å². The van der Waals surface area contributed by atoms with E-state index in [1.807, 2.05) is 6.08 Å². The second-order valence-corrected chi connectivity index (χ2v) is 5.18. The van der Waals surface area contributed by atoms with Gasteiger partial charge < -0.3 is 4.74 Å². The zero-order valence-electron chi connectivity index (χ0n) is 12.7. The lowest BCUT2D eigenvalue weighted by Gasteiger charge is -2.13. The fraction of sp³-hybridized carbons (Fsp3) is 0.438. The Morgan fingerprint density at radius 2 is 2.23 bits per heavy atom. The molecule has 1 heterocycles. The van der Waals surface area contributed by atoms with Crippen LogP contribution < -0.4 is 11.2 Å². The number of carbonyl (C=O) groups excluding carboxylic acids is 1. The van der Waals surface area contributed by atoms with E-state index in [-0.39, 0.29) is 17.9 Å². The van der Waals surface area contributed by atoms with Gasteiger partial charge in [-0.15, -0.1) is 0 Å². The van der Waals surface area contributed by atoms with Gasteiger partial charge in [-0.3, -0.25) is 14.3 Å². The minimum Gasteiger partial charge on any atom is -0.463 e. The molecule has 0 aromatic carbocycles. The summed E-state index contributed by atoms with van der Waals surface area (Å²) in [5.74, 6) is -0.0996. The fourth-order valence-electron chi connectivity index (χ4n) is 2.68. The smallest absolute Gasteiger partial charge is 0.330 e. The molecule has 1 aromatic rings. The number of H-pyrrole nitrogens is 1. The highest BCUT2D eigenvalue weighted by molar-refractivity contribution is 5.82. The van der Waals surface area contributed by atoms with Gasteiger partial charge in [-0.05, 0) is 31.3 Å². The van der Waals surface area contributed by atoms with Crippen molar-refractivity contribution in [2.75, 3.05) is 6.61 Å². The molecular weight excluding hydrogens is 284 g/mol. The number of esters is 1. The molecule has 1 aliphatic rings. The van der Waals surface area contributed by atoms with Crippen molar-refractivity contribution in [2.24, 2.45) is 5.92 Å². The highest BCUT2D eigenvalue weighted by Crippen LogP contribution is 2.35. The molecule has 6 heteroatoms. The summed E-state index contributed by atoms with van der Waals surface area (Å²) in [6.07, 6.45) is 8.31. The van der Waals surface area contributed by atoms with Crippen LogP contribution in [0, 0.1) is 5.92 Å². The van der Waals surface area contributed by atoms with Gasteiger partial charge in [-0.2, -0.15) is 0 Å². The van der Waals surface area contributed by atoms with Crippen molar-refractivity contribution in [1.29, 1.82) is 0 Å². The predicted octanol–water partition coefficient (Wildman–Crippen LogP) is 1.55. The number of ether oxygens (including phenoxy) is 1. The van der Waals surface area contributed by atoms with Crippen molar-refractivity contribution in [3.63, 3.8) is 0 Å². The standard InChI is InChI=1S/C16H20N2O4/c1-3-11-9-13(18-8-7-14(19)17-16(18)21)10-12(11)5-6-15(20)22-4-2/h5-8,10-11,13H,3-4,9H2,1-2H3,(H,17,19,21)/b6-5+/t11-,13+/m0/s1. The van der Waals surface area contributed by atoms with E-state index in [1.54, 1.807) is 13.0 Å². The number of aromatic amines is 1. The van der Waals surface area contributed by atoms with Gasteiger partial charge in [0.15, 0.2) is 0 Å². The van der Waals surface area contributed by atoms with Crippen LogP contribution in [0.2, 0.25) is 0 Å². The topological polar surface area (TPSA) is 81.2 Å². The Morgan fingerprint density at radius 3 is 2.86 bits per heavy atom. The SMILES string of the molecule is CCOC(=O)/C=C/C1=C[C@H](n2ccc(=O)[nH]c2=O)C[C@@H]1CC. The van der Waals surface area contributed by atoms with Crippen molar-refractivity contribution in [1.82, 2.24) is 9.55 Å². The van der Waals surface area contributed by atoms with Crippen LogP contribution in [0.5, 0.6) is 0 Å². The molecule has 0 saturated heterocycles. The average molecular weight is 304 g/mol. The van der Waals surface area contributed by atoms with Gasteiger partial charge in [0.05, 0.1) is 12.6 Å². The maximum absolute atomic E-state index is 11.9. The molecule has 118 valence electrons. The van der Waals surface area contributed by atoms with Crippen LogP contribution in [0.25, 0.3) is 0 Å². The minimum absolute atomic E-state index is 0.115. The number of nitrogens with zero attached hydrogens (tertiary/aromatic N) is 1. The van der Waals surface area contributed by atoms with E-state index in [4.69, 9.17) is 4.74 Å². The Labute approximate surface area is 128 Å². The second kappa shape index (κ2) is 7.06. The van der Waals surface area contributed by atoms with E-state index < -0.39 is 11.2 Å². The molecule has 0 spiro atoms. The van der Waals surface area contributed by atoms with Gasteiger partial charge in [-0.25, -0.2) is 9.59 Å². The van der Waals surface area contributed by atoms with E-state index in [2.05, 4.69) is 11.9 Å². The Balaban J connectivity index is 2.24. The third-order valence-electron chi connectivity index (χ3n) is 3.78. The maximum Gasteiger partial charge on any atom is 0.330 e. The normalized spacial score (nSPS) is 21.1. The quantitative estimate of drug-likeness (QED) is 0.661. The molecule has 0 radical (unpaired) electrons. The summed E-state index contributed by atoms with van der Waals surface area (Å²) in [6.45, 7) is 4.16. The molecular formula is C16H20N2O4. The summed E-state index contributed by atoms with van der Waals surface area (Å²) in [5, 5.41) is 0. The first-order valence-electron chi connectivity index (χ1n) is 7.43. The van der Waals surface area contributed by atoms with Crippen molar-refractivity contribution in [3.8, 4) is 0 Å². The number of rotatable bonds is 5. The van der Waals surface area contributed by atoms with E-state index >= 15 is 0 Å².